The number of halogens is 2. The maximum atomic E-state index is 12.7. The first-order valence-electron chi connectivity index (χ1n) is 5.61. The quantitative estimate of drug-likeness (QED) is 0.658. The van der Waals surface area contributed by atoms with Gasteiger partial charge in [0.25, 0.3) is 0 Å². The summed E-state index contributed by atoms with van der Waals surface area (Å²) in [5, 5.41) is 0. The van der Waals surface area contributed by atoms with Gasteiger partial charge in [-0.3, -0.25) is 15.8 Å². The molecule has 1 heterocycles. The van der Waals surface area contributed by atoms with Gasteiger partial charge in [-0.1, -0.05) is 0 Å². The number of ether oxygens (including phenoxy) is 1. The van der Waals surface area contributed by atoms with Crippen molar-refractivity contribution in [2.24, 2.45) is 4.99 Å². The first-order valence-corrected chi connectivity index (χ1v) is 5.61. The molecule has 1 aliphatic rings. The minimum absolute atomic E-state index is 0. The van der Waals surface area contributed by atoms with Crippen LogP contribution in [0.5, 0.6) is 0 Å². The molecule has 1 aromatic carbocycles. The summed E-state index contributed by atoms with van der Waals surface area (Å²) in [6.07, 6.45) is 1.31. The molecule has 0 saturated heterocycles. The number of rotatable bonds is 3. The summed E-state index contributed by atoms with van der Waals surface area (Å²) in [5.41, 5.74) is 6.51. The average molecular weight is 288 g/mol. The second-order valence-corrected chi connectivity index (χ2v) is 3.91. The van der Waals surface area contributed by atoms with E-state index in [0.29, 0.717) is 18.7 Å². The van der Waals surface area contributed by atoms with Crippen LogP contribution in [-0.4, -0.2) is 25.0 Å². The molecule has 0 amide bonds. The summed E-state index contributed by atoms with van der Waals surface area (Å²) in [6.45, 7) is 0. The molecule has 0 fully saturated rings. The molecule has 0 spiro atoms. The number of amidine groups is 1. The van der Waals surface area contributed by atoms with Gasteiger partial charge >= 0.3 is 5.97 Å². The van der Waals surface area contributed by atoms with Gasteiger partial charge in [0, 0.05) is 6.42 Å². The third-order valence-electron chi connectivity index (χ3n) is 2.63. The topological polar surface area (TPSA) is 62.7 Å². The van der Waals surface area contributed by atoms with Gasteiger partial charge in [0.2, 0.25) is 0 Å². The van der Waals surface area contributed by atoms with Crippen molar-refractivity contribution in [2.75, 3.05) is 12.5 Å². The summed E-state index contributed by atoms with van der Waals surface area (Å²) in [5.74, 6) is 0.0767. The van der Waals surface area contributed by atoms with E-state index in [1.54, 1.807) is 12.1 Å². The normalized spacial score (nSPS) is 17.2. The summed E-state index contributed by atoms with van der Waals surface area (Å²) >= 11 is 0. The Labute approximate surface area is 116 Å². The van der Waals surface area contributed by atoms with Crippen molar-refractivity contribution in [1.82, 2.24) is 5.43 Å². The van der Waals surface area contributed by atoms with Gasteiger partial charge in [0.1, 0.15) is 17.7 Å². The molecular formula is C12H15ClFN3O2. The Hall–Kier alpha value is -1.82. The lowest BCUT2D eigenvalue weighted by molar-refractivity contribution is -0.141. The van der Waals surface area contributed by atoms with Crippen LogP contribution in [0.25, 0.3) is 0 Å². The largest absolute Gasteiger partial charge is 0.467 e. The van der Waals surface area contributed by atoms with Gasteiger partial charge in [0.05, 0.1) is 12.8 Å². The standard InChI is InChI=1S/C12H14FN3O2.ClH/c1-18-12(17)10-6-7-11(14-10)16-15-9-4-2-8(13)3-5-9;/h2-5,10,15H,6-7H2,1H3,(H,14,16);1H. The zero-order valence-corrected chi connectivity index (χ0v) is 11.2. The third-order valence-corrected chi connectivity index (χ3v) is 2.63. The number of hydrogen-bond donors (Lipinski definition) is 2. The molecule has 0 bridgehead atoms. The van der Waals surface area contributed by atoms with Gasteiger partial charge in [-0.05, 0) is 30.7 Å². The highest BCUT2D eigenvalue weighted by Gasteiger charge is 2.24. The van der Waals surface area contributed by atoms with Crippen LogP contribution in [0.15, 0.2) is 29.3 Å². The fourth-order valence-electron chi connectivity index (χ4n) is 1.67. The zero-order valence-electron chi connectivity index (χ0n) is 10.4. The van der Waals surface area contributed by atoms with Crippen molar-refractivity contribution >= 4 is 29.9 Å². The highest BCUT2D eigenvalue weighted by molar-refractivity contribution is 5.90. The Kier molecular flexibility index (Phi) is 5.57. The number of nitrogens with zero attached hydrogens (tertiary/aromatic N) is 1. The van der Waals surface area contributed by atoms with Crippen LogP contribution in [-0.2, 0) is 9.53 Å². The minimum atomic E-state index is -0.424. The Morgan fingerprint density at radius 2 is 2.05 bits per heavy atom. The Bertz CT molecular complexity index is 465. The molecule has 104 valence electrons. The van der Waals surface area contributed by atoms with E-state index in [2.05, 4.69) is 20.6 Å². The number of esters is 1. The van der Waals surface area contributed by atoms with Crippen LogP contribution >= 0.6 is 12.4 Å². The highest BCUT2D eigenvalue weighted by atomic mass is 35.5. The van der Waals surface area contributed by atoms with Crippen molar-refractivity contribution in [1.29, 1.82) is 0 Å². The van der Waals surface area contributed by atoms with Gasteiger partial charge in [-0.2, -0.15) is 0 Å². The summed E-state index contributed by atoms with van der Waals surface area (Å²) in [6, 6.07) is 5.51. The van der Waals surface area contributed by atoms with Crippen LogP contribution in [0, 0.1) is 5.82 Å². The highest BCUT2D eigenvalue weighted by Crippen LogP contribution is 2.13. The number of nitrogens with one attached hydrogen (secondary N) is 2. The molecule has 1 aliphatic heterocycles. The van der Waals surface area contributed by atoms with Crippen LogP contribution in [0.2, 0.25) is 0 Å². The molecule has 1 atom stereocenters. The van der Waals surface area contributed by atoms with E-state index in [1.165, 1.54) is 19.2 Å². The first-order chi connectivity index (χ1) is 8.69. The second-order valence-electron chi connectivity index (χ2n) is 3.91. The monoisotopic (exact) mass is 287 g/mol. The van der Waals surface area contributed by atoms with Crippen molar-refractivity contribution in [3.8, 4) is 0 Å². The molecule has 2 rings (SSSR count). The fourth-order valence-corrected chi connectivity index (χ4v) is 1.67. The first kappa shape index (κ1) is 15.2. The van der Waals surface area contributed by atoms with Crippen molar-refractivity contribution in [3.63, 3.8) is 0 Å². The lowest BCUT2D eigenvalue weighted by atomic mass is 10.2. The Balaban J connectivity index is 0.00000180. The summed E-state index contributed by atoms with van der Waals surface area (Å²) < 4.78 is 17.3. The molecule has 7 heteroatoms. The van der Waals surface area contributed by atoms with Crippen LogP contribution < -0.4 is 10.9 Å². The third kappa shape index (κ3) is 4.10. The number of methoxy groups -OCH3 is 1. The SMILES string of the molecule is COC(=O)C1CCC(NNc2ccc(F)cc2)=N1.Cl. The van der Waals surface area contributed by atoms with E-state index < -0.39 is 6.04 Å². The van der Waals surface area contributed by atoms with E-state index >= 15 is 0 Å². The molecule has 2 N–H and O–H groups in total. The van der Waals surface area contributed by atoms with Gasteiger partial charge < -0.3 is 4.74 Å². The lowest BCUT2D eigenvalue weighted by Gasteiger charge is -2.08. The predicted octanol–water partition coefficient (Wildman–Crippen LogP) is 1.90. The van der Waals surface area contributed by atoms with E-state index in [9.17, 15) is 9.18 Å². The molecule has 1 aromatic rings. The number of carbonyl (C=O) groups excluding carboxylic acids is 1. The van der Waals surface area contributed by atoms with Crippen LogP contribution in [0.4, 0.5) is 10.1 Å². The smallest absolute Gasteiger partial charge is 0.330 e. The molecular weight excluding hydrogens is 273 g/mol. The fraction of sp³-hybridized carbons (Fsp3) is 0.333. The molecule has 0 radical (unpaired) electrons. The van der Waals surface area contributed by atoms with Gasteiger partial charge in [0.15, 0.2) is 0 Å². The zero-order chi connectivity index (χ0) is 13.0. The number of hydrogen-bond acceptors (Lipinski definition) is 5. The van der Waals surface area contributed by atoms with Crippen LogP contribution in [0.3, 0.4) is 0 Å². The van der Waals surface area contributed by atoms with E-state index in [4.69, 9.17) is 0 Å². The second kappa shape index (κ2) is 6.94. The number of anilines is 1. The Morgan fingerprint density at radius 3 is 2.68 bits per heavy atom. The lowest BCUT2D eigenvalue weighted by Crippen LogP contribution is -2.28. The number of carbonyl (C=O) groups is 1. The number of benzene rings is 1. The summed E-state index contributed by atoms with van der Waals surface area (Å²) in [4.78, 5) is 15.4. The molecule has 0 aliphatic carbocycles. The average Bonchev–Trinajstić information content (AvgIpc) is 2.86. The van der Waals surface area contributed by atoms with Crippen molar-refractivity contribution in [2.45, 2.75) is 18.9 Å². The van der Waals surface area contributed by atoms with E-state index in [-0.39, 0.29) is 24.2 Å². The predicted molar refractivity (Wildman–Crippen MR) is 72.9 cm³/mol. The van der Waals surface area contributed by atoms with Crippen molar-refractivity contribution < 1.29 is 13.9 Å². The van der Waals surface area contributed by atoms with E-state index in [0.717, 1.165) is 5.69 Å². The van der Waals surface area contributed by atoms with Gasteiger partial charge in [-0.15, -0.1) is 12.4 Å². The maximum absolute atomic E-state index is 12.7. The van der Waals surface area contributed by atoms with Gasteiger partial charge in [-0.25, -0.2) is 9.18 Å². The molecule has 5 nitrogen and oxygen atoms in total. The Morgan fingerprint density at radius 1 is 1.37 bits per heavy atom. The maximum Gasteiger partial charge on any atom is 0.330 e. The number of hydrazine groups is 1. The van der Waals surface area contributed by atoms with Crippen LogP contribution in [0.1, 0.15) is 12.8 Å². The van der Waals surface area contributed by atoms with E-state index in [1.807, 2.05) is 0 Å². The van der Waals surface area contributed by atoms with Crippen molar-refractivity contribution in [3.05, 3.63) is 30.1 Å². The number of aliphatic imine (C=N–C) groups is 1. The molecule has 0 aromatic heterocycles. The minimum Gasteiger partial charge on any atom is -0.467 e. The molecule has 19 heavy (non-hydrogen) atoms. The molecule has 1 unspecified atom stereocenters. The summed E-state index contributed by atoms with van der Waals surface area (Å²) in [7, 11) is 1.35. The molecule has 0 saturated carbocycles.